The van der Waals surface area contributed by atoms with Gasteiger partial charge in [0.05, 0.1) is 11.1 Å². The second kappa shape index (κ2) is 5.24. The Balaban J connectivity index is 2.44. The highest BCUT2D eigenvalue weighted by molar-refractivity contribution is 5.95. The molecule has 2 aromatic carbocycles. The molecule has 0 aliphatic rings. The van der Waals surface area contributed by atoms with E-state index in [0.29, 0.717) is 0 Å². The summed E-state index contributed by atoms with van der Waals surface area (Å²) in [6.07, 6.45) is -4.54. The van der Waals surface area contributed by atoms with Gasteiger partial charge in [-0.1, -0.05) is 24.3 Å². The van der Waals surface area contributed by atoms with Crippen LogP contribution < -0.4 is 10.5 Å². The number of halogens is 3. The van der Waals surface area contributed by atoms with Crippen LogP contribution in [0.3, 0.4) is 0 Å². The van der Waals surface area contributed by atoms with Gasteiger partial charge in [-0.15, -0.1) is 0 Å². The lowest BCUT2D eigenvalue weighted by Gasteiger charge is -2.14. The molecule has 0 bridgehead atoms. The number of hydrogen-bond acceptors (Lipinski definition) is 2. The summed E-state index contributed by atoms with van der Waals surface area (Å²) in [6, 6.07) is 10.6. The Hall–Kier alpha value is -2.50. The van der Waals surface area contributed by atoms with Gasteiger partial charge in [0, 0.05) is 0 Å². The highest BCUT2D eigenvalue weighted by Crippen LogP contribution is 2.38. The monoisotopic (exact) mass is 281 g/mol. The van der Waals surface area contributed by atoms with Crippen molar-refractivity contribution in [3.63, 3.8) is 0 Å². The first kappa shape index (κ1) is 13.9. The Bertz CT molecular complexity index is 638. The lowest BCUT2D eigenvalue weighted by atomic mass is 10.1. The van der Waals surface area contributed by atoms with Crippen LogP contribution in [-0.2, 0) is 6.18 Å². The number of benzene rings is 2. The van der Waals surface area contributed by atoms with Crippen LogP contribution in [0.15, 0.2) is 48.5 Å². The molecule has 2 aromatic rings. The highest BCUT2D eigenvalue weighted by atomic mass is 19.4. The third-order valence-corrected chi connectivity index (χ3v) is 2.56. The number of alkyl halides is 3. The number of carbonyl (C=O) groups is 1. The fourth-order valence-corrected chi connectivity index (χ4v) is 1.67. The van der Waals surface area contributed by atoms with Gasteiger partial charge in [0.25, 0.3) is 5.91 Å². The molecule has 6 heteroatoms. The van der Waals surface area contributed by atoms with Crippen LogP contribution in [0.25, 0.3) is 0 Å². The van der Waals surface area contributed by atoms with Gasteiger partial charge in [0.2, 0.25) is 0 Å². The largest absolute Gasteiger partial charge is 0.456 e. The smallest absolute Gasteiger partial charge is 0.419 e. The number of rotatable bonds is 3. The molecule has 1 amide bonds. The number of amides is 1. The van der Waals surface area contributed by atoms with Crippen molar-refractivity contribution in [2.45, 2.75) is 6.18 Å². The van der Waals surface area contributed by atoms with Crippen LogP contribution in [-0.4, -0.2) is 5.91 Å². The maximum atomic E-state index is 12.8. The van der Waals surface area contributed by atoms with E-state index in [1.807, 2.05) is 0 Å². The summed E-state index contributed by atoms with van der Waals surface area (Å²) >= 11 is 0. The van der Waals surface area contributed by atoms with E-state index in [0.717, 1.165) is 6.07 Å². The molecular formula is C14H10F3NO2. The first-order valence-electron chi connectivity index (χ1n) is 5.62. The van der Waals surface area contributed by atoms with Gasteiger partial charge < -0.3 is 10.5 Å². The van der Waals surface area contributed by atoms with Crippen molar-refractivity contribution in [1.29, 1.82) is 0 Å². The standard InChI is InChI=1S/C14H10F3NO2/c15-14(16,17)10-6-2-4-8-12(10)20-11-7-3-1-5-9(11)13(18)19/h1-8H,(H2,18,19). The third kappa shape index (κ3) is 2.90. The minimum atomic E-state index is -4.54. The molecule has 3 nitrogen and oxygen atoms in total. The summed E-state index contributed by atoms with van der Waals surface area (Å²) in [5.74, 6) is -1.17. The number of para-hydroxylation sites is 2. The Labute approximate surface area is 112 Å². The molecule has 0 aliphatic carbocycles. The van der Waals surface area contributed by atoms with E-state index in [2.05, 4.69) is 0 Å². The normalized spacial score (nSPS) is 11.2. The molecule has 0 aliphatic heterocycles. The molecule has 0 aromatic heterocycles. The first-order valence-corrected chi connectivity index (χ1v) is 5.62. The summed E-state index contributed by atoms with van der Waals surface area (Å²) in [5, 5.41) is 0. The molecule has 2 N–H and O–H groups in total. The van der Waals surface area contributed by atoms with Gasteiger partial charge in [-0.2, -0.15) is 13.2 Å². The SMILES string of the molecule is NC(=O)c1ccccc1Oc1ccccc1C(F)(F)F. The molecule has 0 atom stereocenters. The molecule has 0 unspecified atom stereocenters. The predicted molar refractivity (Wildman–Crippen MR) is 66.5 cm³/mol. The lowest BCUT2D eigenvalue weighted by Crippen LogP contribution is -2.13. The summed E-state index contributed by atoms with van der Waals surface area (Å²) in [7, 11) is 0. The minimum absolute atomic E-state index is 0.0169. The fourth-order valence-electron chi connectivity index (χ4n) is 1.67. The zero-order valence-electron chi connectivity index (χ0n) is 10.1. The molecule has 0 saturated heterocycles. The van der Waals surface area contributed by atoms with E-state index in [4.69, 9.17) is 10.5 Å². The molecule has 0 saturated carbocycles. The van der Waals surface area contributed by atoms with E-state index in [-0.39, 0.29) is 17.1 Å². The Morgan fingerprint density at radius 1 is 0.950 bits per heavy atom. The molecule has 104 valence electrons. The fraction of sp³-hybridized carbons (Fsp3) is 0.0714. The average Bonchev–Trinajstić information content (AvgIpc) is 2.38. The van der Waals surface area contributed by atoms with Gasteiger partial charge in [-0.3, -0.25) is 4.79 Å². The lowest BCUT2D eigenvalue weighted by molar-refractivity contribution is -0.138. The van der Waals surface area contributed by atoms with E-state index in [1.54, 1.807) is 6.07 Å². The number of carbonyl (C=O) groups excluding carboxylic acids is 1. The summed E-state index contributed by atoms with van der Waals surface area (Å²) in [4.78, 5) is 11.2. The van der Waals surface area contributed by atoms with Crippen molar-refractivity contribution in [2.75, 3.05) is 0 Å². The number of nitrogens with two attached hydrogens (primary N) is 1. The van der Waals surface area contributed by atoms with Crippen molar-refractivity contribution < 1.29 is 22.7 Å². The zero-order chi connectivity index (χ0) is 14.8. The van der Waals surface area contributed by atoms with Crippen molar-refractivity contribution in [3.8, 4) is 11.5 Å². The minimum Gasteiger partial charge on any atom is -0.456 e. The van der Waals surface area contributed by atoms with Crippen LogP contribution in [0.5, 0.6) is 11.5 Å². The van der Waals surface area contributed by atoms with Crippen LogP contribution in [0.1, 0.15) is 15.9 Å². The second-order valence-electron chi connectivity index (χ2n) is 3.96. The van der Waals surface area contributed by atoms with E-state index < -0.39 is 17.6 Å². The topological polar surface area (TPSA) is 52.3 Å². The molecule has 2 rings (SSSR count). The van der Waals surface area contributed by atoms with Gasteiger partial charge >= 0.3 is 6.18 Å². The van der Waals surface area contributed by atoms with Crippen molar-refractivity contribution in [1.82, 2.24) is 0 Å². The maximum Gasteiger partial charge on any atom is 0.419 e. The van der Waals surface area contributed by atoms with E-state index >= 15 is 0 Å². The van der Waals surface area contributed by atoms with Gasteiger partial charge in [-0.05, 0) is 24.3 Å². The number of primary amides is 1. The van der Waals surface area contributed by atoms with Gasteiger partial charge in [0.1, 0.15) is 11.5 Å². The molecule has 20 heavy (non-hydrogen) atoms. The molecule has 0 radical (unpaired) electrons. The van der Waals surface area contributed by atoms with Crippen molar-refractivity contribution in [3.05, 3.63) is 59.7 Å². The van der Waals surface area contributed by atoms with Crippen LogP contribution in [0, 0.1) is 0 Å². The number of hydrogen-bond donors (Lipinski definition) is 1. The Kier molecular flexibility index (Phi) is 3.65. The Morgan fingerprint density at radius 3 is 2.10 bits per heavy atom. The van der Waals surface area contributed by atoms with E-state index in [9.17, 15) is 18.0 Å². The summed E-state index contributed by atoms with van der Waals surface area (Å²) < 4.78 is 43.7. The summed E-state index contributed by atoms with van der Waals surface area (Å²) in [5.41, 5.74) is 4.25. The molecule has 0 heterocycles. The van der Waals surface area contributed by atoms with Gasteiger partial charge in [0.15, 0.2) is 0 Å². The quantitative estimate of drug-likeness (QED) is 0.934. The van der Waals surface area contributed by atoms with Gasteiger partial charge in [-0.25, -0.2) is 0 Å². The molecule has 0 fully saturated rings. The predicted octanol–water partition coefficient (Wildman–Crippen LogP) is 3.60. The molecular weight excluding hydrogens is 271 g/mol. The molecule has 0 spiro atoms. The number of ether oxygens (including phenoxy) is 1. The highest BCUT2D eigenvalue weighted by Gasteiger charge is 2.34. The second-order valence-corrected chi connectivity index (χ2v) is 3.96. The summed E-state index contributed by atoms with van der Waals surface area (Å²) in [6.45, 7) is 0. The Morgan fingerprint density at radius 2 is 1.50 bits per heavy atom. The first-order chi connectivity index (χ1) is 9.39. The zero-order valence-corrected chi connectivity index (χ0v) is 10.1. The van der Waals surface area contributed by atoms with Crippen molar-refractivity contribution >= 4 is 5.91 Å². The van der Waals surface area contributed by atoms with Crippen LogP contribution in [0.4, 0.5) is 13.2 Å². The van der Waals surface area contributed by atoms with Crippen LogP contribution in [0.2, 0.25) is 0 Å². The van der Waals surface area contributed by atoms with Crippen LogP contribution >= 0.6 is 0 Å². The average molecular weight is 281 g/mol. The van der Waals surface area contributed by atoms with E-state index in [1.165, 1.54) is 36.4 Å². The third-order valence-electron chi connectivity index (χ3n) is 2.56. The maximum absolute atomic E-state index is 12.8. The van der Waals surface area contributed by atoms with Crippen molar-refractivity contribution in [2.24, 2.45) is 5.73 Å².